The minimum Gasteiger partial charge on any atom is -0.386 e. The number of hydrogen-bond donors (Lipinski definition) is 1. The number of anilines is 1. The number of hydrogen-bond acceptors (Lipinski definition) is 3. The Morgan fingerprint density at radius 1 is 0.967 bits per heavy atom. The monoisotopic (exact) mass is 407 g/mol. The molecule has 5 heteroatoms. The van der Waals surface area contributed by atoms with E-state index in [0.29, 0.717) is 6.42 Å². The summed E-state index contributed by atoms with van der Waals surface area (Å²) in [5, 5.41) is 10.1. The highest BCUT2D eigenvalue weighted by Gasteiger charge is 2.18. The second-order valence-corrected chi connectivity index (χ2v) is 8.77. The zero-order valence-corrected chi connectivity index (χ0v) is 18.0. The van der Waals surface area contributed by atoms with E-state index in [1.54, 1.807) is 26.0 Å². The van der Waals surface area contributed by atoms with Crippen LogP contribution in [-0.4, -0.2) is 47.8 Å². The van der Waals surface area contributed by atoms with Crippen molar-refractivity contribution in [3.05, 3.63) is 83.4 Å². The highest BCUT2D eigenvalue weighted by molar-refractivity contribution is 5.56. The van der Waals surface area contributed by atoms with Gasteiger partial charge in [-0.25, -0.2) is 4.39 Å². The number of nitrogens with zero attached hydrogens (tertiary/aromatic N) is 3. The van der Waals surface area contributed by atoms with Crippen LogP contribution in [0.25, 0.3) is 5.69 Å². The molecular weight excluding hydrogens is 377 g/mol. The first-order chi connectivity index (χ1) is 14.3. The van der Waals surface area contributed by atoms with Gasteiger partial charge in [-0.1, -0.05) is 12.1 Å². The van der Waals surface area contributed by atoms with E-state index < -0.39 is 5.60 Å². The van der Waals surface area contributed by atoms with E-state index in [1.807, 2.05) is 36.5 Å². The lowest BCUT2D eigenvalue weighted by molar-refractivity contribution is 0.0786. The number of benzene rings is 2. The van der Waals surface area contributed by atoms with E-state index in [1.165, 1.54) is 0 Å². The third kappa shape index (κ3) is 4.58. The summed E-state index contributed by atoms with van der Waals surface area (Å²) in [6.07, 6.45) is 4.81. The molecule has 1 aromatic heterocycles. The number of aliphatic hydroxyl groups is 1. The van der Waals surface area contributed by atoms with E-state index in [4.69, 9.17) is 0 Å². The van der Waals surface area contributed by atoms with E-state index in [2.05, 4.69) is 33.7 Å². The number of aromatic nitrogens is 1. The van der Waals surface area contributed by atoms with Gasteiger partial charge in [-0.05, 0) is 74.0 Å². The molecule has 1 N–H and O–H groups in total. The van der Waals surface area contributed by atoms with Gasteiger partial charge in [0.15, 0.2) is 0 Å². The summed E-state index contributed by atoms with van der Waals surface area (Å²) in [6, 6.07) is 15.2. The maximum Gasteiger partial charge on any atom is 0.123 e. The first kappa shape index (κ1) is 20.6. The number of rotatable bonds is 5. The predicted molar refractivity (Wildman–Crippen MR) is 120 cm³/mol. The number of piperazine rings is 1. The van der Waals surface area contributed by atoms with Gasteiger partial charge < -0.3 is 19.5 Å². The molecule has 4 nitrogen and oxygen atoms in total. The molecule has 2 aromatic carbocycles. The third-order valence-electron chi connectivity index (χ3n) is 5.91. The molecule has 30 heavy (non-hydrogen) atoms. The van der Waals surface area contributed by atoms with Crippen LogP contribution in [0.4, 0.5) is 10.1 Å². The van der Waals surface area contributed by atoms with Gasteiger partial charge in [-0.2, -0.15) is 0 Å². The van der Waals surface area contributed by atoms with Crippen molar-refractivity contribution in [2.24, 2.45) is 0 Å². The molecular formula is C25H30FN3O. The van der Waals surface area contributed by atoms with E-state index >= 15 is 0 Å². The summed E-state index contributed by atoms with van der Waals surface area (Å²) in [6.45, 7) is 7.54. The normalized spacial score (nSPS) is 15.6. The summed E-state index contributed by atoms with van der Waals surface area (Å²) in [5.74, 6) is -0.190. The fraction of sp³-hybridized carbons (Fsp3) is 0.360. The first-order valence-electron chi connectivity index (χ1n) is 10.5. The topological polar surface area (TPSA) is 31.6 Å². The smallest absolute Gasteiger partial charge is 0.123 e. The zero-order valence-electron chi connectivity index (χ0n) is 18.0. The standard InChI is InChI=1S/C25H30FN3O/c1-25(2,30)21-4-7-23(8-5-21)29-11-10-19(18-29)16-20-17-22(26)6-9-24(20)28-14-12-27(3)13-15-28/h4-11,17-18,30H,12-16H2,1-3H3. The Bertz CT molecular complexity index is 996. The molecule has 1 aliphatic heterocycles. The molecule has 0 radical (unpaired) electrons. The molecule has 2 heterocycles. The third-order valence-corrected chi connectivity index (χ3v) is 5.91. The van der Waals surface area contributed by atoms with Gasteiger partial charge >= 0.3 is 0 Å². The average molecular weight is 408 g/mol. The van der Waals surface area contributed by atoms with Crippen molar-refractivity contribution in [3.8, 4) is 5.69 Å². The van der Waals surface area contributed by atoms with Crippen LogP contribution < -0.4 is 4.90 Å². The maximum atomic E-state index is 14.0. The van der Waals surface area contributed by atoms with E-state index in [-0.39, 0.29) is 5.82 Å². The average Bonchev–Trinajstić information content (AvgIpc) is 3.17. The van der Waals surface area contributed by atoms with Crippen molar-refractivity contribution in [3.63, 3.8) is 0 Å². The highest BCUT2D eigenvalue weighted by Crippen LogP contribution is 2.27. The summed E-state index contributed by atoms with van der Waals surface area (Å²) in [7, 11) is 2.14. The molecule has 0 atom stereocenters. The molecule has 4 rings (SSSR count). The quantitative estimate of drug-likeness (QED) is 0.688. The molecule has 1 fully saturated rings. The second kappa shape index (κ2) is 8.25. The SMILES string of the molecule is CN1CCN(c2ccc(F)cc2Cc2ccn(-c3ccc(C(C)(C)O)cc3)c2)CC1. The molecule has 0 aliphatic carbocycles. The van der Waals surface area contributed by atoms with Crippen LogP contribution in [0.3, 0.4) is 0 Å². The van der Waals surface area contributed by atoms with Crippen molar-refractivity contribution in [1.29, 1.82) is 0 Å². The van der Waals surface area contributed by atoms with Crippen LogP contribution in [0.5, 0.6) is 0 Å². The highest BCUT2D eigenvalue weighted by atomic mass is 19.1. The molecule has 0 bridgehead atoms. The Labute approximate surface area is 178 Å². The summed E-state index contributed by atoms with van der Waals surface area (Å²) in [4.78, 5) is 4.68. The molecule has 158 valence electrons. The lowest BCUT2D eigenvalue weighted by atomic mass is 9.98. The van der Waals surface area contributed by atoms with Gasteiger partial charge in [-0.15, -0.1) is 0 Å². The Morgan fingerprint density at radius 2 is 1.67 bits per heavy atom. The summed E-state index contributed by atoms with van der Waals surface area (Å²) >= 11 is 0. The fourth-order valence-corrected chi connectivity index (χ4v) is 4.02. The minimum atomic E-state index is -0.850. The van der Waals surface area contributed by atoms with Gasteiger partial charge in [0.2, 0.25) is 0 Å². The van der Waals surface area contributed by atoms with Gasteiger partial charge in [0.1, 0.15) is 5.82 Å². The number of halogens is 1. The second-order valence-electron chi connectivity index (χ2n) is 8.77. The van der Waals surface area contributed by atoms with Crippen LogP contribution >= 0.6 is 0 Å². The first-order valence-corrected chi connectivity index (χ1v) is 10.5. The van der Waals surface area contributed by atoms with Crippen molar-refractivity contribution in [2.45, 2.75) is 25.9 Å². The van der Waals surface area contributed by atoms with Gasteiger partial charge in [0.25, 0.3) is 0 Å². The van der Waals surface area contributed by atoms with Crippen LogP contribution in [0.15, 0.2) is 60.9 Å². The molecule has 1 saturated heterocycles. The van der Waals surface area contributed by atoms with Crippen molar-refractivity contribution in [1.82, 2.24) is 9.47 Å². The predicted octanol–water partition coefficient (Wildman–Crippen LogP) is 4.19. The van der Waals surface area contributed by atoms with Crippen molar-refractivity contribution < 1.29 is 9.50 Å². The lowest BCUT2D eigenvalue weighted by Gasteiger charge is -2.35. The largest absolute Gasteiger partial charge is 0.386 e. The number of likely N-dealkylation sites (N-methyl/N-ethyl adjacent to an activating group) is 1. The van der Waals surface area contributed by atoms with E-state index in [0.717, 1.165) is 54.2 Å². The van der Waals surface area contributed by atoms with Gasteiger partial charge in [0.05, 0.1) is 5.60 Å². The Morgan fingerprint density at radius 3 is 2.33 bits per heavy atom. The van der Waals surface area contributed by atoms with Gasteiger partial charge in [0, 0.05) is 56.4 Å². The molecule has 0 amide bonds. The maximum absolute atomic E-state index is 14.0. The molecule has 1 aliphatic rings. The minimum absolute atomic E-state index is 0.190. The Hall–Kier alpha value is -2.63. The zero-order chi connectivity index (χ0) is 21.3. The van der Waals surface area contributed by atoms with Crippen LogP contribution in [0.1, 0.15) is 30.5 Å². The van der Waals surface area contributed by atoms with Crippen LogP contribution in [0.2, 0.25) is 0 Å². The van der Waals surface area contributed by atoms with Crippen LogP contribution in [0, 0.1) is 5.82 Å². The Kier molecular flexibility index (Phi) is 5.67. The lowest BCUT2D eigenvalue weighted by Crippen LogP contribution is -2.44. The molecule has 0 saturated carbocycles. The van der Waals surface area contributed by atoms with Gasteiger partial charge in [-0.3, -0.25) is 0 Å². The van der Waals surface area contributed by atoms with Crippen molar-refractivity contribution in [2.75, 3.05) is 38.1 Å². The summed E-state index contributed by atoms with van der Waals surface area (Å²) < 4.78 is 16.1. The van der Waals surface area contributed by atoms with E-state index in [9.17, 15) is 9.50 Å². The summed E-state index contributed by atoms with van der Waals surface area (Å²) in [5.41, 5.74) is 4.37. The van der Waals surface area contributed by atoms with Crippen molar-refractivity contribution >= 4 is 5.69 Å². The fourth-order valence-electron chi connectivity index (χ4n) is 4.02. The Balaban J connectivity index is 1.55. The molecule has 0 spiro atoms. The molecule has 3 aromatic rings. The van der Waals surface area contributed by atoms with Crippen LogP contribution in [-0.2, 0) is 12.0 Å². The molecule has 0 unspecified atom stereocenters.